The molecule has 6 heteroatoms. The molecule has 0 saturated carbocycles. The molecule has 1 fully saturated rings. The number of ketones is 1. The maximum absolute atomic E-state index is 13.5. The van der Waals surface area contributed by atoms with Crippen LogP contribution in [0.25, 0.3) is 11.3 Å². The van der Waals surface area contributed by atoms with Crippen molar-refractivity contribution in [2.75, 3.05) is 37.6 Å². The number of rotatable bonds is 8. The average molecular weight is 492 g/mol. The van der Waals surface area contributed by atoms with Gasteiger partial charge in [-0.3, -0.25) is 9.69 Å². The van der Waals surface area contributed by atoms with Gasteiger partial charge in [0.2, 0.25) is 0 Å². The second kappa shape index (κ2) is 11.0. The normalized spacial score (nSPS) is 18.6. The molecule has 0 radical (unpaired) electrons. The maximum Gasteiger partial charge on any atom is 0.171 e. The van der Waals surface area contributed by atoms with Crippen LogP contribution in [0.4, 0.5) is 5.69 Å². The lowest BCUT2D eigenvalue weighted by Gasteiger charge is -2.36. The molecule has 184 valence electrons. The number of piperazine rings is 1. The number of carbonyl (C=O) groups is 1. The molecule has 1 unspecified atom stereocenters. The minimum absolute atomic E-state index is 0.0618. The van der Waals surface area contributed by atoms with Crippen LogP contribution in [0.3, 0.4) is 0 Å². The van der Waals surface area contributed by atoms with Crippen molar-refractivity contribution in [3.05, 3.63) is 70.4 Å². The first-order valence-electron chi connectivity index (χ1n) is 13.0. The number of aryl methyl sites for hydroxylation is 2. The van der Waals surface area contributed by atoms with Gasteiger partial charge >= 0.3 is 0 Å². The second-order valence-electron chi connectivity index (χ2n) is 9.79. The van der Waals surface area contributed by atoms with Gasteiger partial charge in [-0.25, -0.2) is 0 Å². The Labute approximate surface area is 213 Å². The summed E-state index contributed by atoms with van der Waals surface area (Å²) in [5.74, 6) is 1.05. The average Bonchev–Trinajstić information content (AvgIpc) is 3.31. The molecule has 1 aliphatic carbocycles. The Bertz CT molecular complexity index is 1170. The van der Waals surface area contributed by atoms with Crippen molar-refractivity contribution in [3.8, 4) is 11.3 Å². The van der Waals surface area contributed by atoms with Gasteiger partial charge in [-0.15, -0.1) is 0 Å². The molecule has 1 saturated heterocycles. The molecule has 5 rings (SSSR count). The second-order valence-corrected chi connectivity index (χ2v) is 10.2. The molecule has 0 spiro atoms. The molecule has 1 aliphatic heterocycles. The van der Waals surface area contributed by atoms with E-state index in [1.165, 1.54) is 11.3 Å². The molecular weight excluding hydrogens is 458 g/mol. The minimum Gasteiger partial charge on any atom is -0.369 e. The van der Waals surface area contributed by atoms with Gasteiger partial charge in [-0.05, 0) is 56.0 Å². The molecule has 0 amide bonds. The quantitative estimate of drug-likeness (QED) is 0.370. The summed E-state index contributed by atoms with van der Waals surface area (Å²) in [7, 11) is 0. The Morgan fingerprint density at radius 3 is 2.71 bits per heavy atom. The summed E-state index contributed by atoms with van der Waals surface area (Å²) in [4.78, 5) is 18.4. The zero-order valence-electron chi connectivity index (χ0n) is 20.5. The van der Waals surface area contributed by atoms with Crippen molar-refractivity contribution in [2.45, 2.75) is 45.4 Å². The molecule has 0 N–H and O–H groups in total. The lowest BCUT2D eigenvalue weighted by molar-refractivity contribution is 0.0884. The highest BCUT2D eigenvalue weighted by Crippen LogP contribution is 2.36. The van der Waals surface area contributed by atoms with Crippen LogP contribution in [0.5, 0.6) is 0 Å². The van der Waals surface area contributed by atoms with Gasteiger partial charge in [0, 0.05) is 54.8 Å². The van der Waals surface area contributed by atoms with E-state index in [1.54, 1.807) is 0 Å². The number of fused-ring (bicyclic) bond motifs is 1. The van der Waals surface area contributed by atoms with Crippen molar-refractivity contribution in [1.82, 2.24) is 10.1 Å². The van der Waals surface area contributed by atoms with Gasteiger partial charge in [-0.2, -0.15) is 0 Å². The van der Waals surface area contributed by atoms with Crippen LogP contribution in [0.1, 0.15) is 54.3 Å². The summed E-state index contributed by atoms with van der Waals surface area (Å²) in [6, 6.07) is 16.4. The SMILES string of the molecule is CCCc1ccccc1-c1noc2c1C(=O)C(CCCN1CCN(c3cccc(Cl)c3)CC1)CC2. The molecule has 2 heterocycles. The lowest BCUT2D eigenvalue weighted by Crippen LogP contribution is -2.46. The van der Waals surface area contributed by atoms with E-state index in [1.807, 2.05) is 24.3 Å². The summed E-state index contributed by atoms with van der Waals surface area (Å²) in [5.41, 5.74) is 4.96. The number of anilines is 1. The van der Waals surface area contributed by atoms with E-state index in [2.05, 4.69) is 46.1 Å². The van der Waals surface area contributed by atoms with Crippen LogP contribution in [-0.4, -0.2) is 48.6 Å². The largest absolute Gasteiger partial charge is 0.369 e. The van der Waals surface area contributed by atoms with Gasteiger partial charge in [0.15, 0.2) is 5.78 Å². The van der Waals surface area contributed by atoms with Crippen LogP contribution in [0.15, 0.2) is 53.1 Å². The highest BCUT2D eigenvalue weighted by molar-refractivity contribution is 6.30. The summed E-state index contributed by atoms with van der Waals surface area (Å²) in [5, 5.41) is 5.16. The molecule has 3 aromatic rings. The Morgan fingerprint density at radius 1 is 1.09 bits per heavy atom. The highest BCUT2D eigenvalue weighted by atomic mass is 35.5. The topological polar surface area (TPSA) is 49.6 Å². The van der Waals surface area contributed by atoms with Crippen molar-refractivity contribution in [1.29, 1.82) is 0 Å². The van der Waals surface area contributed by atoms with Gasteiger partial charge in [0.1, 0.15) is 11.5 Å². The zero-order valence-corrected chi connectivity index (χ0v) is 21.3. The number of halogens is 1. The van der Waals surface area contributed by atoms with Gasteiger partial charge in [0.05, 0.1) is 5.56 Å². The van der Waals surface area contributed by atoms with Crippen LogP contribution < -0.4 is 4.90 Å². The van der Waals surface area contributed by atoms with E-state index in [4.69, 9.17) is 16.1 Å². The number of nitrogens with zero attached hydrogens (tertiary/aromatic N) is 3. The number of aromatic nitrogens is 1. The van der Waals surface area contributed by atoms with Crippen LogP contribution >= 0.6 is 11.6 Å². The fraction of sp³-hybridized carbons (Fsp3) is 0.448. The smallest absolute Gasteiger partial charge is 0.171 e. The highest BCUT2D eigenvalue weighted by Gasteiger charge is 2.34. The molecular formula is C29H34ClN3O2. The summed E-state index contributed by atoms with van der Waals surface area (Å²) in [6.07, 6.45) is 5.65. The zero-order chi connectivity index (χ0) is 24.2. The van der Waals surface area contributed by atoms with Crippen molar-refractivity contribution in [3.63, 3.8) is 0 Å². The summed E-state index contributed by atoms with van der Waals surface area (Å²) in [6.45, 7) is 7.31. The molecule has 1 aromatic heterocycles. The minimum atomic E-state index is 0.0618. The predicted octanol–water partition coefficient (Wildman–Crippen LogP) is 6.30. The van der Waals surface area contributed by atoms with Gasteiger partial charge in [0.25, 0.3) is 0 Å². The third-order valence-electron chi connectivity index (χ3n) is 7.46. The van der Waals surface area contributed by atoms with Gasteiger partial charge < -0.3 is 9.42 Å². The Morgan fingerprint density at radius 2 is 1.91 bits per heavy atom. The van der Waals surface area contributed by atoms with Crippen LogP contribution in [-0.2, 0) is 12.8 Å². The lowest BCUT2D eigenvalue weighted by atomic mass is 9.81. The monoisotopic (exact) mass is 491 g/mol. The van der Waals surface area contributed by atoms with Crippen LogP contribution in [0, 0.1) is 5.92 Å². The van der Waals surface area contributed by atoms with E-state index < -0.39 is 0 Å². The Kier molecular flexibility index (Phi) is 7.54. The molecule has 1 atom stereocenters. The molecule has 0 bridgehead atoms. The summed E-state index contributed by atoms with van der Waals surface area (Å²) < 4.78 is 5.65. The number of benzene rings is 2. The number of carbonyl (C=O) groups excluding carboxylic acids is 1. The Balaban J connectivity index is 1.17. The molecule has 2 aliphatic rings. The van der Waals surface area contributed by atoms with Crippen LogP contribution in [0.2, 0.25) is 5.02 Å². The molecule has 5 nitrogen and oxygen atoms in total. The van der Waals surface area contributed by atoms with E-state index in [9.17, 15) is 4.79 Å². The first-order chi connectivity index (χ1) is 17.1. The van der Waals surface area contributed by atoms with Crippen molar-refractivity contribution >= 4 is 23.1 Å². The molecule has 2 aromatic carbocycles. The fourth-order valence-electron chi connectivity index (χ4n) is 5.55. The molecule has 35 heavy (non-hydrogen) atoms. The Hall–Kier alpha value is -2.63. The number of hydrogen-bond donors (Lipinski definition) is 0. The van der Waals surface area contributed by atoms with Crippen molar-refractivity contribution < 1.29 is 9.32 Å². The van der Waals surface area contributed by atoms with Crippen molar-refractivity contribution in [2.24, 2.45) is 5.92 Å². The predicted molar refractivity (Wildman–Crippen MR) is 141 cm³/mol. The maximum atomic E-state index is 13.5. The van der Waals surface area contributed by atoms with E-state index in [0.717, 1.165) is 98.9 Å². The van der Waals surface area contributed by atoms with Gasteiger partial charge in [-0.1, -0.05) is 60.4 Å². The third kappa shape index (κ3) is 5.31. The first kappa shape index (κ1) is 24.1. The number of hydrogen-bond acceptors (Lipinski definition) is 5. The number of Topliss-reactive ketones (excluding diaryl/α,β-unsaturated/α-hetero) is 1. The third-order valence-corrected chi connectivity index (χ3v) is 7.70. The van der Waals surface area contributed by atoms with E-state index in [0.29, 0.717) is 0 Å². The van der Waals surface area contributed by atoms with E-state index >= 15 is 0 Å². The fourth-order valence-corrected chi connectivity index (χ4v) is 5.74. The summed E-state index contributed by atoms with van der Waals surface area (Å²) >= 11 is 6.16. The first-order valence-corrected chi connectivity index (χ1v) is 13.4. The van der Waals surface area contributed by atoms with E-state index in [-0.39, 0.29) is 11.7 Å². The standard InChI is InChI=1S/C29H34ClN3O2/c1-2-7-21-8-3-4-12-25(21)28-27-26(35-31-28)14-13-22(29(27)34)9-6-15-32-16-18-33(19-17-32)24-11-5-10-23(30)20-24/h3-5,8,10-12,20,22H,2,6-7,9,13-19H2,1H3.